The van der Waals surface area contributed by atoms with E-state index >= 15 is 0 Å². The predicted molar refractivity (Wildman–Crippen MR) is 163 cm³/mol. The summed E-state index contributed by atoms with van der Waals surface area (Å²) in [5, 5.41) is 0.917. The highest BCUT2D eigenvalue weighted by molar-refractivity contribution is 7.89. The number of fused-ring (bicyclic) bond motifs is 1. The van der Waals surface area contributed by atoms with E-state index in [1.165, 1.54) is 0 Å². The number of hydrogen-bond donors (Lipinski definition) is 2. The second-order valence-corrected chi connectivity index (χ2v) is 14.2. The number of nitrogens with one attached hydrogen (secondary N) is 1. The third kappa shape index (κ3) is 6.24. The van der Waals surface area contributed by atoms with Gasteiger partial charge in [-0.3, -0.25) is 4.79 Å². The highest BCUT2D eigenvalue weighted by Gasteiger charge is 2.30. The Morgan fingerprint density at radius 3 is 2.31 bits per heavy atom. The molecule has 0 atom stereocenters. The van der Waals surface area contributed by atoms with Crippen LogP contribution in [0.4, 0.5) is 10.6 Å². The predicted octanol–water partition coefficient (Wildman–Crippen LogP) is 3.92. The molecule has 0 unspecified atom stereocenters. The summed E-state index contributed by atoms with van der Waals surface area (Å²) in [6.07, 6.45) is 4.83. The van der Waals surface area contributed by atoms with Crippen molar-refractivity contribution in [2.75, 3.05) is 49.9 Å². The molecular formula is C30H40N6O5S. The lowest BCUT2D eigenvalue weighted by atomic mass is 9.88. The number of aromatic amines is 1. The van der Waals surface area contributed by atoms with Gasteiger partial charge in [0.1, 0.15) is 11.4 Å². The number of rotatable bonds is 6. The van der Waals surface area contributed by atoms with Gasteiger partial charge in [-0.2, -0.15) is 0 Å². The molecule has 0 bridgehead atoms. The lowest BCUT2D eigenvalue weighted by Crippen LogP contribution is -2.50. The van der Waals surface area contributed by atoms with Crippen molar-refractivity contribution in [3.8, 4) is 11.1 Å². The lowest BCUT2D eigenvalue weighted by molar-refractivity contribution is 0.0240. The Kier molecular flexibility index (Phi) is 8.21. The number of aromatic nitrogens is 2. The maximum atomic E-state index is 12.5. The van der Waals surface area contributed by atoms with E-state index < -0.39 is 21.5 Å². The molecule has 0 aliphatic carbocycles. The molecule has 0 radical (unpaired) electrons. The molecule has 1 aromatic carbocycles. The first-order valence-electron chi connectivity index (χ1n) is 14.5. The number of piperazine rings is 1. The van der Waals surface area contributed by atoms with Gasteiger partial charge in [0.15, 0.2) is 0 Å². The number of pyridine rings is 1. The molecule has 42 heavy (non-hydrogen) atoms. The summed E-state index contributed by atoms with van der Waals surface area (Å²) < 4.78 is 31.7. The summed E-state index contributed by atoms with van der Waals surface area (Å²) >= 11 is 0. The van der Waals surface area contributed by atoms with Gasteiger partial charge in [0.25, 0.3) is 5.91 Å². The molecule has 2 aromatic heterocycles. The van der Waals surface area contributed by atoms with E-state index in [1.807, 2.05) is 39.1 Å². The Morgan fingerprint density at radius 2 is 1.74 bits per heavy atom. The standard InChI is InChI=1S/C30H40N6O5S/c1-5-42(39,40)36-10-8-20(9-11-36)25-19-33-27-23(25)16-22(17-24(27)28(31)37)21-6-7-26(32-18-21)34-12-14-35(15-13-34)29(38)41-30(2,3)4/h6-7,16-20,33H,5,8-15H2,1-4H3,(H2,31,37). The lowest BCUT2D eigenvalue weighted by Gasteiger charge is -2.36. The first kappa shape index (κ1) is 29.8. The SMILES string of the molecule is CCS(=O)(=O)N1CCC(c2c[nH]c3c(C(N)=O)cc(-c4ccc(N5CCN(C(=O)OC(C)(C)C)CC5)nc4)cc23)CC1. The highest BCUT2D eigenvalue weighted by Crippen LogP contribution is 2.37. The number of ether oxygens (including phenoxy) is 1. The number of piperidine rings is 1. The number of nitrogens with zero attached hydrogens (tertiary/aromatic N) is 4. The second-order valence-electron chi connectivity index (χ2n) is 12.0. The minimum absolute atomic E-state index is 0.102. The van der Waals surface area contributed by atoms with E-state index in [1.54, 1.807) is 28.4 Å². The van der Waals surface area contributed by atoms with E-state index in [4.69, 9.17) is 15.5 Å². The molecule has 4 heterocycles. The summed E-state index contributed by atoms with van der Waals surface area (Å²) in [7, 11) is -3.21. The zero-order chi connectivity index (χ0) is 30.2. The third-order valence-electron chi connectivity index (χ3n) is 8.08. The largest absolute Gasteiger partial charge is 0.444 e. The molecule has 226 valence electrons. The van der Waals surface area contributed by atoms with E-state index in [9.17, 15) is 18.0 Å². The topological polar surface area (TPSA) is 142 Å². The zero-order valence-electron chi connectivity index (χ0n) is 24.7. The number of nitrogens with two attached hydrogens (primary N) is 1. The van der Waals surface area contributed by atoms with Crippen LogP contribution in [0.15, 0.2) is 36.7 Å². The molecule has 12 heteroatoms. The van der Waals surface area contributed by atoms with Gasteiger partial charge in [0, 0.05) is 62.6 Å². The van der Waals surface area contributed by atoms with Gasteiger partial charge in [-0.25, -0.2) is 22.5 Å². The quantitative estimate of drug-likeness (QED) is 0.439. The average molecular weight is 597 g/mol. The van der Waals surface area contributed by atoms with Gasteiger partial charge in [0.2, 0.25) is 10.0 Å². The van der Waals surface area contributed by atoms with E-state index in [2.05, 4.69) is 16.0 Å². The van der Waals surface area contributed by atoms with Crippen LogP contribution in [0.25, 0.3) is 22.0 Å². The summed E-state index contributed by atoms with van der Waals surface area (Å²) in [6.45, 7) is 10.6. The third-order valence-corrected chi connectivity index (χ3v) is 9.96. The van der Waals surface area contributed by atoms with Gasteiger partial charge in [-0.1, -0.05) is 0 Å². The molecule has 5 rings (SSSR count). The summed E-state index contributed by atoms with van der Waals surface area (Å²) in [4.78, 5) is 36.7. The molecule has 0 spiro atoms. The van der Waals surface area contributed by atoms with E-state index in [-0.39, 0.29) is 17.8 Å². The van der Waals surface area contributed by atoms with Crippen LogP contribution < -0.4 is 10.6 Å². The molecule has 2 saturated heterocycles. The summed E-state index contributed by atoms with van der Waals surface area (Å²) in [5.41, 5.74) is 9.11. The minimum atomic E-state index is -3.21. The van der Waals surface area contributed by atoms with E-state index in [0.717, 1.165) is 27.9 Å². The number of carbonyl (C=O) groups is 2. The summed E-state index contributed by atoms with van der Waals surface area (Å²) in [6, 6.07) is 7.78. The monoisotopic (exact) mass is 596 g/mol. The number of H-pyrrole nitrogens is 1. The van der Waals surface area contributed by atoms with Gasteiger partial charge in [0.05, 0.1) is 16.8 Å². The summed E-state index contributed by atoms with van der Waals surface area (Å²) in [5.74, 6) is 0.560. The van der Waals surface area contributed by atoms with E-state index in [0.29, 0.717) is 63.2 Å². The van der Waals surface area contributed by atoms with Crippen LogP contribution in [0.2, 0.25) is 0 Å². The Morgan fingerprint density at radius 1 is 1.05 bits per heavy atom. The molecule has 11 nitrogen and oxygen atoms in total. The average Bonchev–Trinajstić information content (AvgIpc) is 3.40. The van der Waals surface area contributed by atoms with Gasteiger partial charge in [-0.15, -0.1) is 0 Å². The van der Waals surface area contributed by atoms with Crippen LogP contribution in [0, 0.1) is 0 Å². The second kappa shape index (κ2) is 11.6. The van der Waals surface area contributed by atoms with Crippen molar-refractivity contribution in [2.45, 2.75) is 52.1 Å². The number of sulfonamides is 1. The molecule has 2 aliphatic rings. The van der Waals surface area contributed by atoms with Crippen LogP contribution in [0.5, 0.6) is 0 Å². The van der Waals surface area contributed by atoms with Crippen LogP contribution in [-0.2, 0) is 14.8 Å². The van der Waals surface area contributed by atoms with Crippen molar-refractivity contribution in [3.63, 3.8) is 0 Å². The molecule has 0 saturated carbocycles. The maximum Gasteiger partial charge on any atom is 0.410 e. The fourth-order valence-electron chi connectivity index (χ4n) is 5.77. The minimum Gasteiger partial charge on any atom is -0.444 e. The van der Waals surface area contributed by atoms with Crippen LogP contribution >= 0.6 is 0 Å². The van der Waals surface area contributed by atoms with Crippen molar-refractivity contribution in [1.82, 2.24) is 19.2 Å². The zero-order valence-corrected chi connectivity index (χ0v) is 25.5. The Bertz CT molecular complexity index is 1560. The van der Waals surface area contributed by atoms with Gasteiger partial charge in [-0.05, 0) is 81.8 Å². The Balaban J connectivity index is 1.34. The molecule has 2 fully saturated rings. The van der Waals surface area contributed by atoms with Crippen LogP contribution in [0.3, 0.4) is 0 Å². The number of amides is 2. The van der Waals surface area contributed by atoms with Crippen molar-refractivity contribution in [2.24, 2.45) is 5.73 Å². The number of benzene rings is 1. The fourth-order valence-corrected chi connectivity index (χ4v) is 6.90. The molecule has 3 aromatic rings. The smallest absolute Gasteiger partial charge is 0.410 e. The van der Waals surface area contributed by atoms with Gasteiger partial charge < -0.3 is 25.3 Å². The molecule has 3 N–H and O–H groups in total. The number of primary amides is 1. The Labute approximate surface area is 247 Å². The molecule has 2 amide bonds. The molecule has 2 aliphatic heterocycles. The molecular weight excluding hydrogens is 556 g/mol. The van der Waals surface area contributed by atoms with Crippen molar-refractivity contribution in [3.05, 3.63) is 47.8 Å². The Hall–Kier alpha value is -3.64. The number of carbonyl (C=O) groups excluding carboxylic acids is 2. The van der Waals surface area contributed by atoms with Crippen molar-refractivity contribution >= 4 is 38.7 Å². The number of anilines is 1. The fraction of sp³-hybridized carbons (Fsp3) is 0.500. The highest BCUT2D eigenvalue weighted by atomic mass is 32.2. The van der Waals surface area contributed by atoms with Crippen LogP contribution in [-0.4, -0.2) is 90.2 Å². The van der Waals surface area contributed by atoms with Gasteiger partial charge >= 0.3 is 6.09 Å². The normalized spacial score (nSPS) is 17.5. The first-order chi connectivity index (χ1) is 19.9. The maximum absolute atomic E-state index is 12.5. The first-order valence-corrected chi connectivity index (χ1v) is 16.1. The van der Waals surface area contributed by atoms with Crippen molar-refractivity contribution < 1.29 is 22.7 Å². The van der Waals surface area contributed by atoms with Crippen molar-refractivity contribution in [1.29, 1.82) is 0 Å². The van der Waals surface area contributed by atoms with Crippen LogP contribution in [0.1, 0.15) is 62.4 Å². The number of hydrogen-bond acceptors (Lipinski definition) is 7.